The van der Waals surface area contributed by atoms with E-state index in [1.807, 2.05) is 11.3 Å². The molecule has 0 bridgehead atoms. The Hall–Kier alpha value is -0.380. The molecule has 0 spiro atoms. The second-order valence-electron chi connectivity index (χ2n) is 6.35. The Labute approximate surface area is 122 Å². The topological polar surface area (TPSA) is 15.3 Å². The molecule has 3 heteroatoms. The molecule has 19 heavy (non-hydrogen) atoms. The first-order valence-electron chi connectivity index (χ1n) is 7.59. The zero-order chi connectivity index (χ0) is 13.8. The summed E-state index contributed by atoms with van der Waals surface area (Å²) >= 11 is 1.97. The molecule has 108 valence electrons. The van der Waals surface area contributed by atoms with Crippen molar-refractivity contribution >= 4 is 11.3 Å². The third kappa shape index (κ3) is 4.59. The van der Waals surface area contributed by atoms with E-state index in [1.165, 1.54) is 29.1 Å². The SMILES string of the molecule is CC1CCN(Cc2ccc(CNC(C)C)s2)C(C)C1. The molecule has 0 saturated carbocycles. The van der Waals surface area contributed by atoms with Crippen molar-refractivity contribution in [3.63, 3.8) is 0 Å². The summed E-state index contributed by atoms with van der Waals surface area (Å²) < 4.78 is 0. The summed E-state index contributed by atoms with van der Waals surface area (Å²) in [6, 6.07) is 5.90. The number of thiophene rings is 1. The van der Waals surface area contributed by atoms with E-state index in [4.69, 9.17) is 0 Å². The van der Waals surface area contributed by atoms with Crippen molar-refractivity contribution in [3.05, 3.63) is 21.9 Å². The minimum absolute atomic E-state index is 0.564. The summed E-state index contributed by atoms with van der Waals surface area (Å²) in [4.78, 5) is 5.62. The van der Waals surface area contributed by atoms with Gasteiger partial charge in [-0.05, 0) is 44.4 Å². The fourth-order valence-electron chi connectivity index (χ4n) is 2.80. The van der Waals surface area contributed by atoms with Crippen LogP contribution >= 0.6 is 11.3 Å². The van der Waals surface area contributed by atoms with Crippen LogP contribution in [-0.4, -0.2) is 23.5 Å². The van der Waals surface area contributed by atoms with Gasteiger partial charge in [-0.2, -0.15) is 0 Å². The number of nitrogens with one attached hydrogen (secondary N) is 1. The van der Waals surface area contributed by atoms with E-state index in [-0.39, 0.29) is 0 Å². The number of nitrogens with zero attached hydrogens (tertiary/aromatic N) is 1. The molecule has 2 heterocycles. The first-order chi connectivity index (χ1) is 9.04. The number of likely N-dealkylation sites (tertiary alicyclic amines) is 1. The zero-order valence-electron chi connectivity index (χ0n) is 12.8. The average molecular weight is 280 g/mol. The Balaban J connectivity index is 1.85. The molecule has 0 amide bonds. The highest BCUT2D eigenvalue weighted by Gasteiger charge is 2.22. The van der Waals surface area contributed by atoms with Crippen LogP contribution < -0.4 is 5.32 Å². The van der Waals surface area contributed by atoms with Gasteiger partial charge in [0, 0.05) is 34.9 Å². The molecule has 2 rings (SSSR count). The van der Waals surface area contributed by atoms with Crippen LogP contribution in [0.25, 0.3) is 0 Å². The summed E-state index contributed by atoms with van der Waals surface area (Å²) in [6.45, 7) is 12.6. The summed E-state index contributed by atoms with van der Waals surface area (Å²) in [7, 11) is 0. The van der Waals surface area contributed by atoms with Crippen LogP contribution in [-0.2, 0) is 13.1 Å². The van der Waals surface area contributed by atoms with Crippen LogP contribution in [0, 0.1) is 5.92 Å². The van der Waals surface area contributed by atoms with Gasteiger partial charge in [0.25, 0.3) is 0 Å². The van der Waals surface area contributed by atoms with Crippen LogP contribution in [0.1, 0.15) is 50.3 Å². The lowest BCUT2D eigenvalue weighted by atomic mass is 9.93. The van der Waals surface area contributed by atoms with Gasteiger partial charge in [-0.15, -0.1) is 11.3 Å². The molecule has 1 saturated heterocycles. The average Bonchev–Trinajstić information content (AvgIpc) is 2.78. The van der Waals surface area contributed by atoms with Crippen molar-refractivity contribution in [3.8, 4) is 0 Å². The molecular weight excluding hydrogens is 252 g/mol. The van der Waals surface area contributed by atoms with Crippen molar-refractivity contribution in [2.75, 3.05) is 6.54 Å². The van der Waals surface area contributed by atoms with Gasteiger partial charge in [0.15, 0.2) is 0 Å². The maximum Gasteiger partial charge on any atom is 0.0330 e. The summed E-state index contributed by atoms with van der Waals surface area (Å²) in [6.07, 6.45) is 2.71. The highest BCUT2D eigenvalue weighted by atomic mass is 32.1. The Bertz CT molecular complexity index is 386. The van der Waals surface area contributed by atoms with Crippen molar-refractivity contribution in [1.82, 2.24) is 10.2 Å². The third-order valence-electron chi connectivity index (χ3n) is 4.04. The molecule has 1 aliphatic heterocycles. The van der Waals surface area contributed by atoms with E-state index in [0.717, 1.165) is 25.0 Å². The molecule has 1 aromatic rings. The summed E-state index contributed by atoms with van der Waals surface area (Å²) in [5.41, 5.74) is 0. The van der Waals surface area contributed by atoms with Crippen LogP contribution in [0.15, 0.2) is 12.1 Å². The summed E-state index contributed by atoms with van der Waals surface area (Å²) in [5.74, 6) is 0.903. The van der Waals surface area contributed by atoms with E-state index >= 15 is 0 Å². The van der Waals surface area contributed by atoms with Crippen LogP contribution in [0.3, 0.4) is 0 Å². The minimum atomic E-state index is 0.564. The highest BCUT2D eigenvalue weighted by Crippen LogP contribution is 2.26. The number of rotatable bonds is 5. The number of hydrogen-bond acceptors (Lipinski definition) is 3. The normalized spacial score (nSPS) is 25.1. The lowest BCUT2D eigenvalue weighted by molar-refractivity contribution is 0.123. The molecule has 0 aromatic carbocycles. The van der Waals surface area contributed by atoms with Crippen LogP contribution in [0.5, 0.6) is 0 Å². The Morgan fingerprint density at radius 2 is 2.05 bits per heavy atom. The molecule has 1 N–H and O–H groups in total. The predicted octanol–water partition coefficient (Wildman–Crippen LogP) is 3.87. The van der Waals surface area contributed by atoms with E-state index in [9.17, 15) is 0 Å². The fraction of sp³-hybridized carbons (Fsp3) is 0.750. The monoisotopic (exact) mass is 280 g/mol. The van der Waals surface area contributed by atoms with E-state index < -0.39 is 0 Å². The second kappa shape index (κ2) is 6.87. The first-order valence-corrected chi connectivity index (χ1v) is 8.41. The Kier molecular flexibility index (Phi) is 5.43. The zero-order valence-corrected chi connectivity index (χ0v) is 13.6. The van der Waals surface area contributed by atoms with Gasteiger partial charge in [0.2, 0.25) is 0 Å². The lowest BCUT2D eigenvalue weighted by Crippen LogP contribution is -2.39. The largest absolute Gasteiger partial charge is 0.310 e. The predicted molar refractivity (Wildman–Crippen MR) is 84.6 cm³/mol. The summed E-state index contributed by atoms with van der Waals surface area (Å²) in [5, 5.41) is 3.49. The van der Waals surface area contributed by atoms with Crippen LogP contribution in [0.2, 0.25) is 0 Å². The van der Waals surface area contributed by atoms with Crippen molar-refractivity contribution in [2.24, 2.45) is 5.92 Å². The quantitative estimate of drug-likeness (QED) is 0.881. The number of hydrogen-bond donors (Lipinski definition) is 1. The highest BCUT2D eigenvalue weighted by molar-refractivity contribution is 7.11. The maximum atomic E-state index is 3.49. The van der Waals surface area contributed by atoms with Gasteiger partial charge in [0.1, 0.15) is 0 Å². The van der Waals surface area contributed by atoms with E-state index in [2.05, 4.69) is 50.0 Å². The van der Waals surface area contributed by atoms with Crippen molar-refractivity contribution in [2.45, 2.75) is 65.7 Å². The van der Waals surface area contributed by atoms with Gasteiger partial charge in [-0.3, -0.25) is 4.90 Å². The fourth-order valence-corrected chi connectivity index (χ4v) is 3.79. The molecule has 1 fully saturated rings. The third-order valence-corrected chi connectivity index (χ3v) is 5.11. The smallest absolute Gasteiger partial charge is 0.0330 e. The second-order valence-corrected chi connectivity index (χ2v) is 7.61. The van der Waals surface area contributed by atoms with Crippen molar-refractivity contribution < 1.29 is 0 Å². The van der Waals surface area contributed by atoms with E-state index in [0.29, 0.717) is 6.04 Å². The van der Waals surface area contributed by atoms with Gasteiger partial charge >= 0.3 is 0 Å². The molecule has 0 radical (unpaired) electrons. The molecule has 1 aromatic heterocycles. The van der Waals surface area contributed by atoms with Gasteiger partial charge in [-0.1, -0.05) is 20.8 Å². The lowest BCUT2D eigenvalue weighted by Gasteiger charge is -2.36. The van der Waals surface area contributed by atoms with Gasteiger partial charge in [0.05, 0.1) is 0 Å². The molecule has 2 unspecified atom stereocenters. The Morgan fingerprint density at radius 3 is 2.74 bits per heavy atom. The first kappa shape index (κ1) is 15.0. The molecular formula is C16H28N2S. The Morgan fingerprint density at radius 1 is 1.32 bits per heavy atom. The molecule has 2 atom stereocenters. The molecule has 0 aliphatic carbocycles. The van der Waals surface area contributed by atoms with Gasteiger partial charge < -0.3 is 5.32 Å². The molecule has 2 nitrogen and oxygen atoms in total. The van der Waals surface area contributed by atoms with Crippen molar-refractivity contribution in [1.29, 1.82) is 0 Å². The number of piperidine rings is 1. The minimum Gasteiger partial charge on any atom is -0.310 e. The van der Waals surface area contributed by atoms with E-state index in [1.54, 1.807) is 0 Å². The maximum absolute atomic E-state index is 3.49. The molecule has 1 aliphatic rings. The van der Waals surface area contributed by atoms with Gasteiger partial charge in [-0.25, -0.2) is 0 Å². The van der Waals surface area contributed by atoms with Crippen LogP contribution in [0.4, 0.5) is 0 Å². The standard InChI is InChI=1S/C16H28N2S/c1-12(2)17-10-15-5-6-16(19-15)11-18-8-7-13(3)9-14(18)4/h5-6,12-14,17H,7-11H2,1-4H3.